The Hall–Kier alpha value is -2.86. The Morgan fingerprint density at radius 3 is 2.24 bits per heavy atom. The van der Waals surface area contributed by atoms with Gasteiger partial charge in [-0.25, -0.2) is 0 Å². The molecule has 0 bridgehead atoms. The molecule has 6 nitrogen and oxygen atoms in total. The average Bonchev–Trinajstić information content (AvgIpc) is 2.95. The van der Waals surface area contributed by atoms with Crippen molar-refractivity contribution in [3.05, 3.63) is 46.6 Å². The van der Waals surface area contributed by atoms with E-state index in [2.05, 4.69) is 4.98 Å². The molecule has 0 spiro atoms. The summed E-state index contributed by atoms with van der Waals surface area (Å²) in [6, 6.07) is 8.39. The third-order valence-electron chi connectivity index (χ3n) is 3.95. The molecule has 0 atom stereocenters. The highest BCUT2D eigenvalue weighted by atomic mass is 35.5. The Morgan fingerprint density at radius 2 is 1.68 bits per heavy atom. The van der Waals surface area contributed by atoms with Crippen LogP contribution in [0.5, 0.6) is 17.2 Å². The number of carbonyl (C=O) groups excluding carboxylic acids is 1. The summed E-state index contributed by atoms with van der Waals surface area (Å²) in [5.41, 5.74) is 7.87. The predicted molar refractivity (Wildman–Crippen MR) is 97.3 cm³/mol. The molecule has 1 aromatic heterocycles. The number of rotatable bonds is 5. The Kier molecular flexibility index (Phi) is 4.46. The number of hydrogen-bond donors (Lipinski definition) is 2. The van der Waals surface area contributed by atoms with Gasteiger partial charge in [-0.1, -0.05) is 11.6 Å². The highest BCUT2D eigenvalue weighted by molar-refractivity contribution is 6.31. The van der Waals surface area contributed by atoms with Gasteiger partial charge < -0.3 is 24.9 Å². The van der Waals surface area contributed by atoms with Crippen LogP contribution in [0.1, 0.15) is 16.1 Å². The second-order valence-electron chi connectivity index (χ2n) is 5.35. The lowest BCUT2D eigenvalue weighted by atomic mass is 10.1. The first-order valence-electron chi connectivity index (χ1n) is 7.41. The number of anilines is 1. The van der Waals surface area contributed by atoms with E-state index in [0.717, 1.165) is 5.52 Å². The average molecular weight is 361 g/mol. The number of ketones is 1. The molecule has 3 rings (SSSR count). The number of H-pyrrole nitrogens is 1. The van der Waals surface area contributed by atoms with Gasteiger partial charge in [0.25, 0.3) is 0 Å². The number of carbonyl (C=O) groups is 1. The van der Waals surface area contributed by atoms with E-state index in [4.69, 9.17) is 31.5 Å². The van der Waals surface area contributed by atoms with Gasteiger partial charge >= 0.3 is 0 Å². The van der Waals surface area contributed by atoms with Crippen molar-refractivity contribution >= 4 is 34.0 Å². The van der Waals surface area contributed by atoms with Gasteiger partial charge in [-0.05, 0) is 30.3 Å². The van der Waals surface area contributed by atoms with E-state index >= 15 is 0 Å². The lowest BCUT2D eigenvalue weighted by molar-refractivity contribution is 0.103. The number of ether oxygens (including phenoxy) is 3. The van der Waals surface area contributed by atoms with Crippen molar-refractivity contribution in [3.8, 4) is 17.2 Å². The van der Waals surface area contributed by atoms with Crippen LogP contribution in [0.25, 0.3) is 10.9 Å². The molecule has 0 saturated heterocycles. The third kappa shape index (κ3) is 2.85. The predicted octanol–water partition coefficient (Wildman–Crippen LogP) is 3.66. The van der Waals surface area contributed by atoms with Crippen molar-refractivity contribution in [3.63, 3.8) is 0 Å². The zero-order chi connectivity index (χ0) is 18.1. The van der Waals surface area contributed by atoms with Crippen LogP contribution < -0.4 is 19.9 Å². The highest BCUT2D eigenvalue weighted by Crippen LogP contribution is 2.39. The molecule has 2 aromatic carbocycles. The second-order valence-corrected chi connectivity index (χ2v) is 5.78. The molecule has 25 heavy (non-hydrogen) atoms. The first kappa shape index (κ1) is 17.0. The number of fused-ring (bicyclic) bond motifs is 1. The Bertz CT molecular complexity index is 940. The van der Waals surface area contributed by atoms with Crippen LogP contribution in [0.15, 0.2) is 30.3 Å². The van der Waals surface area contributed by atoms with Gasteiger partial charge in [-0.15, -0.1) is 0 Å². The number of nitrogens with two attached hydrogens (primary N) is 1. The van der Waals surface area contributed by atoms with Gasteiger partial charge in [-0.2, -0.15) is 0 Å². The zero-order valence-electron chi connectivity index (χ0n) is 14.0. The Labute approximate surface area is 149 Å². The molecule has 0 aliphatic heterocycles. The summed E-state index contributed by atoms with van der Waals surface area (Å²) in [4.78, 5) is 16.0. The number of hydrogen-bond acceptors (Lipinski definition) is 5. The van der Waals surface area contributed by atoms with Crippen LogP contribution in [0.2, 0.25) is 5.02 Å². The van der Waals surface area contributed by atoms with Gasteiger partial charge in [0.15, 0.2) is 11.5 Å². The number of methoxy groups -OCH3 is 3. The van der Waals surface area contributed by atoms with Crippen molar-refractivity contribution in [2.45, 2.75) is 0 Å². The van der Waals surface area contributed by atoms with Crippen molar-refractivity contribution in [1.29, 1.82) is 0 Å². The van der Waals surface area contributed by atoms with Crippen molar-refractivity contribution in [2.75, 3.05) is 27.1 Å². The van der Waals surface area contributed by atoms with Crippen LogP contribution >= 0.6 is 11.6 Å². The molecule has 0 aliphatic rings. The number of nitrogen functional groups attached to an aromatic ring is 1. The molecule has 0 saturated carbocycles. The first-order valence-corrected chi connectivity index (χ1v) is 7.79. The topological polar surface area (TPSA) is 86.6 Å². The molecule has 1 heterocycles. The lowest BCUT2D eigenvalue weighted by Crippen LogP contribution is -2.06. The van der Waals surface area contributed by atoms with E-state index < -0.39 is 0 Å². The van der Waals surface area contributed by atoms with Gasteiger partial charge in [0.1, 0.15) is 5.69 Å². The fourth-order valence-electron chi connectivity index (χ4n) is 2.72. The maximum absolute atomic E-state index is 13.0. The number of aromatic nitrogens is 1. The van der Waals surface area contributed by atoms with E-state index in [-0.39, 0.29) is 11.5 Å². The summed E-state index contributed by atoms with van der Waals surface area (Å²) in [5.74, 6) is 0.910. The molecule has 0 radical (unpaired) electrons. The molecule has 130 valence electrons. The van der Waals surface area contributed by atoms with Crippen molar-refractivity contribution in [1.82, 2.24) is 4.98 Å². The van der Waals surface area contributed by atoms with Crippen LogP contribution in [-0.4, -0.2) is 32.1 Å². The number of nitrogens with one attached hydrogen (secondary N) is 1. The van der Waals surface area contributed by atoms with E-state index in [1.807, 2.05) is 0 Å². The minimum absolute atomic E-state index is 0.284. The minimum atomic E-state index is -0.288. The van der Waals surface area contributed by atoms with E-state index in [1.165, 1.54) is 21.3 Å². The summed E-state index contributed by atoms with van der Waals surface area (Å²) >= 11 is 6.01. The van der Waals surface area contributed by atoms with E-state index in [1.54, 1.807) is 30.3 Å². The van der Waals surface area contributed by atoms with Crippen molar-refractivity contribution in [2.24, 2.45) is 0 Å². The van der Waals surface area contributed by atoms with Gasteiger partial charge in [0.2, 0.25) is 11.5 Å². The number of halogens is 1. The molecular formula is C18H17ClN2O4. The van der Waals surface area contributed by atoms with E-state index in [0.29, 0.717) is 38.9 Å². The molecule has 0 fully saturated rings. The van der Waals surface area contributed by atoms with Crippen LogP contribution in [-0.2, 0) is 0 Å². The van der Waals surface area contributed by atoms with Gasteiger partial charge in [-0.3, -0.25) is 4.79 Å². The summed E-state index contributed by atoms with van der Waals surface area (Å²) < 4.78 is 15.9. The fourth-order valence-corrected chi connectivity index (χ4v) is 2.89. The minimum Gasteiger partial charge on any atom is -0.493 e. The smallest absolute Gasteiger partial charge is 0.211 e. The van der Waals surface area contributed by atoms with E-state index in [9.17, 15) is 4.79 Å². The third-order valence-corrected chi connectivity index (χ3v) is 4.19. The Balaban J connectivity index is 2.14. The Morgan fingerprint density at radius 1 is 1.04 bits per heavy atom. The summed E-state index contributed by atoms with van der Waals surface area (Å²) in [5, 5.41) is 1.24. The molecule has 3 N–H and O–H groups in total. The monoisotopic (exact) mass is 360 g/mol. The first-order chi connectivity index (χ1) is 12.0. The van der Waals surface area contributed by atoms with Crippen LogP contribution in [0.3, 0.4) is 0 Å². The zero-order valence-corrected chi connectivity index (χ0v) is 14.7. The second kappa shape index (κ2) is 6.57. The lowest BCUT2D eigenvalue weighted by Gasteiger charge is -2.13. The maximum Gasteiger partial charge on any atom is 0.211 e. The van der Waals surface area contributed by atoms with Gasteiger partial charge in [0.05, 0.1) is 27.0 Å². The number of aromatic amines is 1. The molecular weight excluding hydrogens is 344 g/mol. The fraction of sp³-hybridized carbons (Fsp3) is 0.167. The molecule has 0 amide bonds. The molecule has 0 aliphatic carbocycles. The molecule has 7 heteroatoms. The number of benzene rings is 2. The summed E-state index contributed by atoms with van der Waals surface area (Å²) in [6.45, 7) is 0. The largest absolute Gasteiger partial charge is 0.493 e. The molecule has 0 unspecified atom stereocenters. The quantitative estimate of drug-likeness (QED) is 0.678. The summed E-state index contributed by atoms with van der Waals surface area (Å²) in [6.07, 6.45) is 0. The SMILES string of the molecule is COc1cc(C(=O)c2[nH]c3ccc(Cl)cc3c2N)cc(OC)c1OC. The summed E-state index contributed by atoms with van der Waals surface area (Å²) in [7, 11) is 4.48. The highest BCUT2D eigenvalue weighted by Gasteiger charge is 2.22. The maximum atomic E-state index is 13.0. The van der Waals surface area contributed by atoms with Crippen LogP contribution in [0, 0.1) is 0 Å². The molecule has 3 aromatic rings. The van der Waals surface area contributed by atoms with Gasteiger partial charge in [0, 0.05) is 21.5 Å². The standard InChI is InChI=1S/C18H17ClN2O4/c1-23-13-6-9(7-14(24-2)18(13)25-3)17(22)16-15(20)11-8-10(19)4-5-12(11)21-16/h4-8,21H,20H2,1-3H3. The van der Waals surface area contributed by atoms with Crippen LogP contribution in [0.4, 0.5) is 5.69 Å². The normalized spacial score (nSPS) is 10.7. The van der Waals surface area contributed by atoms with Crippen molar-refractivity contribution < 1.29 is 19.0 Å².